The minimum atomic E-state index is -3.60. The molecule has 3 aliphatic rings. The van der Waals surface area contributed by atoms with Crippen LogP contribution in [-0.2, 0) is 14.8 Å². The molecule has 0 radical (unpaired) electrons. The van der Waals surface area contributed by atoms with Crippen LogP contribution >= 0.6 is 0 Å². The molecule has 1 aromatic rings. The van der Waals surface area contributed by atoms with Gasteiger partial charge in [0, 0.05) is 38.2 Å². The Bertz CT molecular complexity index is 786. The van der Waals surface area contributed by atoms with Crippen molar-refractivity contribution < 1.29 is 22.7 Å². The highest BCUT2D eigenvalue weighted by Crippen LogP contribution is 2.39. The third-order valence-electron chi connectivity index (χ3n) is 5.13. The van der Waals surface area contributed by atoms with Crippen molar-refractivity contribution in [1.29, 1.82) is 0 Å². The fourth-order valence-corrected chi connectivity index (χ4v) is 4.82. The number of hydrogen-bond acceptors (Lipinski definition) is 5. The zero-order valence-electron chi connectivity index (χ0n) is 14.2. The van der Waals surface area contributed by atoms with Gasteiger partial charge < -0.3 is 14.4 Å². The molecule has 4 rings (SSSR count). The van der Waals surface area contributed by atoms with Crippen LogP contribution in [0.5, 0.6) is 11.5 Å². The minimum Gasteiger partial charge on any atom is -0.486 e. The van der Waals surface area contributed by atoms with Gasteiger partial charge in [0.2, 0.25) is 15.9 Å². The molecule has 2 aliphatic heterocycles. The normalized spacial score (nSPS) is 26.4. The number of rotatable bonds is 3. The maximum atomic E-state index is 12.9. The summed E-state index contributed by atoms with van der Waals surface area (Å²) in [5.41, 5.74) is 0. The topological polar surface area (TPSA) is 76.2 Å². The Morgan fingerprint density at radius 1 is 1.08 bits per heavy atom. The van der Waals surface area contributed by atoms with E-state index in [1.807, 2.05) is 0 Å². The molecule has 0 bridgehead atoms. The number of ether oxygens (including phenoxy) is 2. The molecule has 1 saturated heterocycles. The maximum absolute atomic E-state index is 12.9. The summed E-state index contributed by atoms with van der Waals surface area (Å²) in [5.74, 6) is 1.81. The van der Waals surface area contributed by atoms with Crippen LogP contribution in [0.4, 0.5) is 0 Å². The van der Waals surface area contributed by atoms with Crippen molar-refractivity contribution in [3.05, 3.63) is 18.2 Å². The molecule has 0 aromatic heterocycles. The van der Waals surface area contributed by atoms with Gasteiger partial charge in [-0.1, -0.05) is 6.92 Å². The summed E-state index contributed by atoms with van der Waals surface area (Å²) in [6.45, 7) is 4.50. The second-order valence-corrected chi connectivity index (χ2v) is 8.79. The lowest BCUT2D eigenvalue weighted by Gasteiger charge is -2.34. The summed E-state index contributed by atoms with van der Waals surface area (Å²) in [5, 5.41) is 0. The highest BCUT2D eigenvalue weighted by Gasteiger charge is 2.42. The number of carbonyl (C=O) groups is 1. The van der Waals surface area contributed by atoms with Crippen LogP contribution in [0.3, 0.4) is 0 Å². The van der Waals surface area contributed by atoms with Crippen LogP contribution in [-0.4, -0.2) is 62.9 Å². The summed E-state index contributed by atoms with van der Waals surface area (Å²) < 4.78 is 38.1. The van der Waals surface area contributed by atoms with Crippen molar-refractivity contribution in [3.8, 4) is 11.5 Å². The van der Waals surface area contributed by atoms with E-state index in [1.54, 1.807) is 17.0 Å². The second kappa shape index (κ2) is 6.17. The van der Waals surface area contributed by atoms with Gasteiger partial charge in [-0.2, -0.15) is 4.31 Å². The average Bonchev–Trinajstić information content (AvgIpc) is 3.37. The maximum Gasteiger partial charge on any atom is 0.243 e. The van der Waals surface area contributed by atoms with Gasteiger partial charge in [0.05, 0.1) is 4.90 Å². The number of benzene rings is 1. The van der Waals surface area contributed by atoms with Gasteiger partial charge in [0.1, 0.15) is 13.2 Å². The van der Waals surface area contributed by atoms with E-state index < -0.39 is 10.0 Å². The molecule has 2 atom stereocenters. The third kappa shape index (κ3) is 3.08. The van der Waals surface area contributed by atoms with Gasteiger partial charge >= 0.3 is 0 Å². The molecule has 1 amide bonds. The lowest BCUT2D eigenvalue weighted by Crippen LogP contribution is -2.51. The van der Waals surface area contributed by atoms with Crippen molar-refractivity contribution in [1.82, 2.24) is 9.21 Å². The summed E-state index contributed by atoms with van der Waals surface area (Å²) in [6.07, 6.45) is 0.953. The van der Waals surface area contributed by atoms with Crippen LogP contribution in [0.1, 0.15) is 13.3 Å². The molecule has 2 heterocycles. The van der Waals surface area contributed by atoms with Gasteiger partial charge in [-0.25, -0.2) is 8.42 Å². The van der Waals surface area contributed by atoms with E-state index in [1.165, 1.54) is 10.4 Å². The van der Waals surface area contributed by atoms with Gasteiger partial charge in [-0.05, 0) is 24.5 Å². The summed E-state index contributed by atoms with van der Waals surface area (Å²) >= 11 is 0. The highest BCUT2D eigenvalue weighted by atomic mass is 32.2. The zero-order chi connectivity index (χ0) is 17.6. The molecule has 7 nitrogen and oxygen atoms in total. The third-order valence-corrected chi connectivity index (χ3v) is 7.02. The first-order valence-corrected chi connectivity index (χ1v) is 10.1. The second-order valence-electron chi connectivity index (χ2n) is 6.85. The van der Waals surface area contributed by atoms with Crippen molar-refractivity contribution in [3.63, 3.8) is 0 Å². The fraction of sp³-hybridized carbons (Fsp3) is 0.588. The monoisotopic (exact) mass is 366 g/mol. The van der Waals surface area contributed by atoms with Crippen LogP contribution < -0.4 is 9.47 Å². The Balaban J connectivity index is 1.45. The van der Waals surface area contributed by atoms with E-state index in [0.29, 0.717) is 56.8 Å². The Morgan fingerprint density at radius 3 is 2.36 bits per heavy atom. The molecule has 25 heavy (non-hydrogen) atoms. The van der Waals surface area contributed by atoms with Gasteiger partial charge in [0.15, 0.2) is 11.5 Å². The van der Waals surface area contributed by atoms with E-state index in [9.17, 15) is 13.2 Å². The zero-order valence-corrected chi connectivity index (χ0v) is 15.0. The van der Waals surface area contributed by atoms with Crippen molar-refractivity contribution in [2.24, 2.45) is 11.8 Å². The van der Waals surface area contributed by atoms with Crippen molar-refractivity contribution in [2.75, 3.05) is 39.4 Å². The molecule has 1 aliphatic carbocycles. The molecule has 1 aromatic carbocycles. The lowest BCUT2D eigenvalue weighted by molar-refractivity contribution is -0.134. The predicted octanol–water partition coefficient (Wildman–Crippen LogP) is 0.947. The number of hydrogen-bond donors (Lipinski definition) is 0. The van der Waals surface area contributed by atoms with Gasteiger partial charge in [-0.15, -0.1) is 0 Å². The number of amides is 1. The number of carbonyl (C=O) groups excluding carboxylic acids is 1. The van der Waals surface area contributed by atoms with Crippen molar-refractivity contribution >= 4 is 15.9 Å². The van der Waals surface area contributed by atoms with Crippen LogP contribution in [0.2, 0.25) is 0 Å². The molecule has 0 N–H and O–H groups in total. The lowest BCUT2D eigenvalue weighted by atomic mass is 10.2. The quantitative estimate of drug-likeness (QED) is 0.796. The molecule has 136 valence electrons. The summed E-state index contributed by atoms with van der Waals surface area (Å²) in [4.78, 5) is 14.3. The first-order valence-electron chi connectivity index (χ1n) is 8.65. The van der Waals surface area contributed by atoms with E-state index in [0.717, 1.165) is 6.42 Å². The Labute approximate surface area is 147 Å². The first-order chi connectivity index (χ1) is 12.0. The minimum absolute atomic E-state index is 0.140. The predicted molar refractivity (Wildman–Crippen MR) is 90.0 cm³/mol. The van der Waals surface area contributed by atoms with Gasteiger partial charge in [0.25, 0.3) is 0 Å². The average molecular weight is 366 g/mol. The summed E-state index contributed by atoms with van der Waals surface area (Å²) in [6, 6.07) is 4.70. The Morgan fingerprint density at radius 2 is 1.72 bits per heavy atom. The van der Waals surface area contributed by atoms with E-state index in [4.69, 9.17) is 9.47 Å². The first kappa shape index (κ1) is 16.7. The SMILES string of the molecule is C[C@@H]1C[C@H]1C(=O)N1CCN(S(=O)(=O)c2ccc3c(c2)OCCO3)CC1. The number of sulfonamides is 1. The molecular weight excluding hydrogens is 344 g/mol. The molecular formula is C17H22N2O5S. The largest absolute Gasteiger partial charge is 0.486 e. The standard InChI is InChI=1S/C17H22N2O5S/c1-12-10-14(12)17(20)18-4-6-19(7-5-18)25(21,22)13-2-3-15-16(11-13)24-9-8-23-15/h2-3,11-12,14H,4-10H2,1H3/t12-,14-/m1/s1. The van der Waals surface area contributed by atoms with E-state index in [2.05, 4.69) is 6.92 Å². The molecule has 8 heteroatoms. The summed E-state index contributed by atoms with van der Waals surface area (Å²) in [7, 11) is -3.60. The van der Waals surface area contributed by atoms with Crippen LogP contribution in [0.25, 0.3) is 0 Å². The van der Waals surface area contributed by atoms with Crippen LogP contribution in [0.15, 0.2) is 23.1 Å². The Hall–Kier alpha value is -1.80. The number of nitrogens with zero attached hydrogens (tertiary/aromatic N) is 2. The van der Waals surface area contributed by atoms with Crippen LogP contribution in [0, 0.1) is 11.8 Å². The molecule has 0 spiro atoms. The van der Waals surface area contributed by atoms with Crippen molar-refractivity contribution in [2.45, 2.75) is 18.2 Å². The van der Waals surface area contributed by atoms with E-state index >= 15 is 0 Å². The molecule has 0 unspecified atom stereocenters. The Kier molecular flexibility index (Phi) is 4.11. The number of piperazine rings is 1. The fourth-order valence-electron chi connectivity index (χ4n) is 3.38. The van der Waals surface area contributed by atoms with E-state index in [-0.39, 0.29) is 16.7 Å². The molecule has 2 fully saturated rings. The number of fused-ring (bicyclic) bond motifs is 1. The molecule has 1 saturated carbocycles. The van der Waals surface area contributed by atoms with Gasteiger partial charge in [-0.3, -0.25) is 4.79 Å². The highest BCUT2D eigenvalue weighted by molar-refractivity contribution is 7.89. The smallest absolute Gasteiger partial charge is 0.243 e.